The molecular formula is C19H29NO. The van der Waals surface area contributed by atoms with Crippen LogP contribution in [0.4, 0.5) is 0 Å². The third-order valence-electron chi connectivity index (χ3n) is 4.43. The highest BCUT2D eigenvalue weighted by Crippen LogP contribution is 2.27. The molecule has 0 bridgehead atoms. The Morgan fingerprint density at radius 1 is 1.14 bits per heavy atom. The molecule has 0 aliphatic heterocycles. The zero-order valence-electron chi connectivity index (χ0n) is 13.3. The van der Waals surface area contributed by atoms with Gasteiger partial charge in [-0.25, -0.2) is 0 Å². The molecule has 0 amide bonds. The number of nitrogens with two attached hydrogens (primary N) is 1. The van der Waals surface area contributed by atoms with Gasteiger partial charge in [-0.1, -0.05) is 63.3 Å². The summed E-state index contributed by atoms with van der Waals surface area (Å²) >= 11 is 0. The first-order valence-corrected chi connectivity index (χ1v) is 8.43. The Morgan fingerprint density at radius 3 is 2.67 bits per heavy atom. The first-order chi connectivity index (χ1) is 10.2. The average molecular weight is 287 g/mol. The minimum atomic E-state index is -0.209. The van der Waals surface area contributed by atoms with Crippen LogP contribution in [0.3, 0.4) is 0 Å². The largest absolute Gasteiger partial charge is 0.394 e. The molecule has 3 N–H and O–H groups in total. The molecule has 116 valence electrons. The van der Waals surface area contributed by atoms with E-state index in [2.05, 4.69) is 31.2 Å². The highest BCUT2D eigenvalue weighted by molar-refractivity contribution is 5.65. The number of benzene rings is 1. The number of unbranched alkanes of at least 4 members (excludes halogenated alkanes) is 5. The molecule has 0 heterocycles. The lowest BCUT2D eigenvalue weighted by Gasteiger charge is -2.09. The normalized spacial score (nSPS) is 14.9. The maximum Gasteiger partial charge on any atom is 0.0621 e. The third kappa shape index (κ3) is 4.69. The predicted molar refractivity (Wildman–Crippen MR) is 90.3 cm³/mol. The minimum Gasteiger partial charge on any atom is -0.394 e. The summed E-state index contributed by atoms with van der Waals surface area (Å²) in [5, 5.41) is 9.17. The van der Waals surface area contributed by atoms with Crippen LogP contribution in [0.1, 0.15) is 62.1 Å². The van der Waals surface area contributed by atoms with E-state index in [4.69, 9.17) is 10.8 Å². The summed E-state index contributed by atoms with van der Waals surface area (Å²) < 4.78 is 0. The van der Waals surface area contributed by atoms with Crippen molar-refractivity contribution in [2.45, 2.75) is 64.3 Å². The summed E-state index contributed by atoms with van der Waals surface area (Å²) in [7, 11) is 0. The third-order valence-corrected chi connectivity index (χ3v) is 4.43. The zero-order valence-corrected chi connectivity index (χ0v) is 13.3. The van der Waals surface area contributed by atoms with E-state index >= 15 is 0 Å². The number of fused-ring (bicyclic) bond motifs is 1. The number of aliphatic hydroxyl groups is 1. The molecule has 1 aliphatic rings. The van der Waals surface area contributed by atoms with E-state index in [0.29, 0.717) is 0 Å². The van der Waals surface area contributed by atoms with Crippen LogP contribution >= 0.6 is 0 Å². The lowest BCUT2D eigenvalue weighted by atomic mass is 10.00. The molecule has 1 aliphatic carbocycles. The van der Waals surface area contributed by atoms with Crippen LogP contribution in [0.15, 0.2) is 23.8 Å². The number of hydrogen-bond donors (Lipinski definition) is 2. The lowest BCUT2D eigenvalue weighted by molar-refractivity contribution is 0.279. The Hall–Kier alpha value is -1.12. The van der Waals surface area contributed by atoms with Gasteiger partial charge in [0, 0.05) is 6.04 Å². The Kier molecular flexibility index (Phi) is 6.47. The van der Waals surface area contributed by atoms with Gasteiger partial charge in [-0.05, 0) is 41.5 Å². The first kappa shape index (κ1) is 16.3. The fourth-order valence-electron chi connectivity index (χ4n) is 3.04. The summed E-state index contributed by atoms with van der Waals surface area (Å²) in [4.78, 5) is 0. The summed E-state index contributed by atoms with van der Waals surface area (Å²) in [6, 6.07) is 6.57. The van der Waals surface area contributed by atoms with Gasteiger partial charge in [-0.3, -0.25) is 0 Å². The molecule has 0 unspecified atom stereocenters. The van der Waals surface area contributed by atoms with Gasteiger partial charge >= 0.3 is 0 Å². The van der Waals surface area contributed by atoms with Crippen LogP contribution < -0.4 is 5.73 Å². The second kappa shape index (κ2) is 8.35. The van der Waals surface area contributed by atoms with E-state index in [0.717, 1.165) is 12.0 Å². The Balaban J connectivity index is 1.80. The molecule has 21 heavy (non-hydrogen) atoms. The Morgan fingerprint density at radius 2 is 1.90 bits per heavy atom. The molecule has 1 atom stereocenters. The van der Waals surface area contributed by atoms with E-state index in [9.17, 15) is 0 Å². The maximum absolute atomic E-state index is 9.17. The van der Waals surface area contributed by atoms with Crippen LogP contribution in [0.5, 0.6) is 0 Å². The fraction of sp³-hybridized carbons (Fsp3) is 0.579. The molecule has 0 saturated heterocycles. The van der Waals surface area contributed by atoms with Crippen LogP contribution in [-0.4, -0.2) is 17.8 Å². The maximum atomic E-state index is 9.17. The molecule has 0 aromatic heterocycles. The summed E-state index contributed by atoms with van der Waals surface area (Å²) in [6.07, 6.45) is 12.3. The van der Waals surface area contributed by atoms with Gasteiger partial charge in [0.1, 0.15) is 0 Å². The molecule has 2 rings (SSSR count). The first-order valence-electron chi connectivity index (χ1n) is 8.43. The second-order valence-electron chi connectivity index (χ2n) is 6.24. The zero-order chi connectivity index (χ0) is 15.1. The summed E-state index contributed by atoms with van der Waals surface area (Å²) in [5.74, 6) is 0. The minimum absolute atomic E-state index is 0.0322. The van der Waals surface area contributed by atoms with Gasteiger partial charge in [0.15, 0.2) is 0 Å². The average Bonchev–Trinajstić information content (AvgIpc) is 2.93. The van der Waals surface area contributed by atoms with E-state index < -0.39 is 0 Å². The molecule has 0 radical (unpaired) electrons. The van der Waals surface area contributed by atoms with E-state index in [1.165, 1.54) is 61.6 Å². The van der Waals surface area contributed by atoms with E-state index in [-0.39, 0.29) is 12.6 Å². The molecule has 1 aromatic carbocycles. The number of aryl methyl sites for hydroxylation is 1. The molecular weight excluding hydrogens is 258 g/mol. The second-order valence-corrected chi connectivity index (χ2v) is 6.24. The van der Waals surface area contributed by atoms with Crippen LogP contribution in [0.2, 0.25) is 0 Å². The van der Waals surface area contributed by atoms with Gasteiger partial charge in [-0.2, -0.15) is 0 Å². The van der Waals surface area contributed by atoms with Crippen LogP contribution in [0.25, 0.3) is 6.08 Å². The van der Waals surface area contributed by atoms with E-state index in [1.54, 1.807) is 0 Å². The van der Waals surface area contributed by atoms with Gasteiger partial charge < -0.3 is 10.8 Å². The molecule has 0 saturated carbocycles. The summed E-state index contributed by atoms with van der Waals surface area (Å²) in [6.45, 7) is 2.29. The number of aliphatic hydroxyl groups excluding tert-OH is 1. The van der Waals surface area contributed by atoms with Gasteiger partial charge in [0.25, 0.3) is 0 Å². The topological polar surface area (TPSA) is 46.2 Å². The quantitative estimate of drug-likeness (QED) is 0.678. The van der Waals surface area contributed by atoms with Crippen molar-refractivity contribution < 1.29 is 5.11 Å². The Labute approximate surface area is 129 Å². The van der Waals surface area contributed by atoms with Crippen molar-refractivity contribution in [3.8, 4) is 0 Å². The molecule has 1 aromatic rings. The molecule has 0 fully saturated rings. The number of rotatable bonds is 9. The highest BCUT2D eigenvalue weighted by Gasteiger charge is 2.17. The fourth-order valence-corrected chi connectivity index (χ4v) is 3.04. The smallest absolute Gasteiger partial charge is 0.0621 e. The van der Waals surface area contributed by atoms with Crippen molar-refractivity contribution in [2.24, 2.45) is 5.73 Å². The standard InChI is InChI=1S/C19H29NO/c1-2-3-4-5-6-7-8-15-9-10-16-12-18(19(20)14-21)13-17(16)11-15/h9-12,19,21H,2-8,13-14,20H2,1H3/t19-/m1/s1. The summed E-state index contributed by atoms with van der Waals surface area (Å²) in [5.41, 5.74) is 11.2. The van der Waals surface area contributed by atoms with Crippen LogP contribution in [-0.2, 0) is 12.8 Å². The van der Waals surface area contributed by atoms with Gasteiger partial charge in [0.05, 0.1) is 6.61 Å². The van der Waals surface area contributed by atoms with Crippen molar-refractivity contribution in [1.82, 2.24) is 0 Å². The number of hydrogen-bond acceptors (Lipinski definition) is 2. The van der Waals surface area contributed by atoms with Gasteiger partial charge in [-0.15, -0.1) is 0 Å². The van der Waals surface area contributed by atoms with Crippen molar-refractivity contribution in [1.29, 1.82) is 0 Å². The van der Waals surface area contributed by atoms with Crippen molar-refractivity contribution in [3.63, 3.8) is 0 Å². The lowest BCUT2D eigenvalue weighted by Crippen LogP contribution is -2.26. The highest BCUT2D eigenvalue weighted by atomic mass is 16.3. The van der Waals surface area contributed by atoms with E-state index in [1.807, 2.05) is 0 Å². The Bertz CT molecular complexity index is 478. The monoisotopic (exact) mass is 287 g/mol. The van der Waals surface area contributed by atoms with Crippen molar-refractivity contribution in [2.75, 3.05) is 6.61 Å². The van der Waals surface area contributed by atoms with Crippen molar-refractivity contribution in [3.05, 3.63) is 40.5 Å². The van der Waals surface area contributed by atoms with Crippen LogP contribution in [0, 0.1) is 0 Å². The predicted octanol–water partition coefficient (Wildman–Crippen LogP) is 3.85. The SMILES string of the molecule is CCCCCCCCc1ccc2c(c1)CC([C@H](N)CO)=C2. The molecule has 0 spiro atoms. The van der Waals surface area contributed by atoms with Crippen molar-refractivity contribution >= 4 is 6.08 Å². The molecule has 2 heteroatoms. The molecule has 2 nitrogen and oxygen atoms in total. The van der Waals surface area contributed by atoms with Gasteiger partial charge in [0.2, 0.25) is 0 Å².